The summed E-state index contributed by atoms with van der Waals surface area (Å²) in [6.07, 6.45) is 4.55. The quantitative estimate of drug-likeness (QED) is 0.915. The highest BCUT2D eigenvalue weighted by Crippen LogP contribution is 2.31. The zero-order valence-electron chi connectivity index (χ0n) is 14.3. The predicted octanol–water partition coefficient (Wildman–Crippen LogP) is 2.94. The van der Waals surface area contributed by atoms with Crippen LogP contribution in [0.5, 0.6) is 0 Å². The minimum Gasteiger partial charge on any atom is -0.354 e. The molecule has 3 heterocycles. The number of nitrogens with zero attached hydrogens (tertiary/aromatic N) is 2. The zero-order valence-corrected chi connectivity index (χ0v) is 14.3. The van der Waals surface area contributed by atoms with Crippen molar-refractivity contribution in [3.8, 4) is 0 Å². The molecule has 1 aromatic carbocycles. The maximum Gasteiger partial charge on any atom is 0.255 e. The van der Waals surface area contributed by atoms with Gasteiger partial charge >= 0.3 is 0 Å². The van der Waals surface area contributed by atoms with Gasteiger partial charge in [0.2, 0.25) is 0 Å². The van der Waals surface area contributed by atoms with Gasteiger partial charge in [0.05, 0.1) is 30.7 Å². The molecule has 1 amide bonds. The van der Waals surface area contributed by atoms with Crippen molar-refractivity contribution in [1.29, 1.82) is 0 Å². The second-order valence-electron chi connectivity index (χ2n) is 6.49. The molecular formula is C19H20FN3O3. The average molecular weight is 357 g/mol. The lowest BCUT2D eigenvalue weighted by molar-refractivity contribution is -0.181. The third kappa shape index (κ3) is 3.54. The standard InChI is InChI=1S/C19H20FN3O3/c20-15-1-3-16(4-2-15)22-17-11-14(12-21-13-17)18(24)23-7-5-19(6-8-23)25-9-10-26-19/h1-4,11-13,22H,5-10H2. The number of likely N-dealkylation sites (tertiary alicyclic amines) is 1. The number of anilines is 2. The number of carbonyl (C=O) groups is 1. The van der Waals surface area contributed by atoms with Crippen molar-refractivity contribution in [2.75, 3.05) is 31.6 Å². The summed E-state index contributed by atoms with van der Waals surface area (Å²) in [5.41, 5.74) is 1.92. The Hall–Kier alpha value is -2.51. The van der Waals surface area contributed by atoms with E-state index in [2.05, 4.69) is 10.3 Å². The first kappa shape index (κ1) is 16.9. The normalized spacial score (nSPS) is 18.9. The van der Waals surface area contributed by atoms with Crippen molar-refractivity contribution in [3.63, 3.8) is 0 Å². The van der Waals surface area contributed by atoms with Crippen LogP contribution in [0.3, 0.4) is 0 Å². The molecule has 0 radical (unpaired) electrons. The monoisotopic (exact) mass is 357 g/mol. The van der Waals surface area contributed by atoms with Gasteiger partial charge in [-0.1, -0.05) is 0 Å². The van der Waals surface area contributed by atoms with E-state index in [1.165, 1.54) is 12.1 Å². The smallest absolute Gasteiger partial charge is 0.255 e. The Kier molecular flexibility index (Phi) is 4.57. The molecule has 0 bridgehead atoms. The number of carbonyl (C=O) groups excluding carboxylic acids is 1. The number of ether oxygens (including phenoxy) is 2. The second kappa shape index (κ2) is 7.01. The molecule has 7 heteroatoms. The fourth-order valence-corrected chi connectivity index (χ4v) is 3.34. The molecule has 2 saturated heterocycles. The van der Waals surface area contributed by atoms with E-state index in [-0.39, 0.29) is 11.7 Å². The van der Waals surface area contributed by atoms with Gasteiger partial charge in [-0.3, -0.25) is 9.78 Å². The number of rotatable bonds is 3. The van der Waals surface area contributed by atoms with Crippen LogP contribution in [0.25, 0.3) is 0 Å². The van der Waals surface area contributed by atoms with Crippen LogP contribution >= 0.6 is 0 Å². The van der Waals surface area contributed by atoms with Gasteiger partial charge < -0.3 is 19.7 Å². The molecule has 26 heavy (non-hydrogen) atoms. The van der Waals surface area contributed by atoms with E-state index in [1.54, 1.807) is 35.5 Å². The molecule has 1 aromatic heterocycles. The van der Waals surface area contributed by atoms with Crippen molar-refractivity contribution < 1.29 is 18.7 Å². The molecule has 0 aliphatic carbocycles. The third-order valence-electron chi connectivity index (χ3n) is 4.74. The van der Waals surface area contributed by atoms with Gasteiger partial charge in [-0.05, 0) is 30.3 Å². The highest BCUT2D eigenvalue weighted by molar-refractivity contribution is 5.95. The summed E-state index contributed by atoms with van der Waals surface area (Å²) in [4.78, 5) is 18.7. The maximum atomic E-state index is 13.0. The lowest BCUT2D eigenvalue weighted by Crippen LogP contribution is -2.47. The molecule has 1 N–H and O–H groups in total. The van der Waals surface area contributed by atoms with E-state index in [4.69, 9.17) is 9.47 Å². The van der Waals surface area contributed by atoms with Gasteiger partial charge in [0.25, 0.3) is 5.91 Å². The first-order valence-corrected chi connectivity index (χ1v) is 8.68. The van der Waals surface area contributed by atoms with Crippen LogP contribution in [0.1, 0.15) is 23.2 Å². The maximum absolute atomic E-state index is 13.0. The van der Waals surface area contributed by atoms with Gasteiger partial charge in [0.15, 0.2) is 5.79 Å². The second-order valence-corrected chi connectivity index (χ2v) is 6.49. The lowest BCUT2D eigenvalue weighted by Gasteiger charge is -2.37. The van der Waals surface area contributed by atoms with Gasteiger partial charge in [0.1, 0.15) is 5.82 Å². The lowest BCUT2D eigenvalue weighted by atomic mass is 10.0. The van der Waals surface area contributed by atoms with Crippen LogP contribution in [0.4, 0.5) is 15.8 Å². The number of amides is 1. The summed E-state index contributed by atoms with van der Waals surface area (Å²) >= 11 is 0. The van der Waals surface area contributed by atoms with E-state index in [0.29, 0.717) is 50.4 Å². The van der Waals surface area contributed by atoms with Crippen molar-refractivity contribution in [2.24, 2.45) is 0 Å². The SMILES string of the molecule is O=C(c1cncc(Nc2ccc(F)cc2)c1)N1CCC2(CC1)OCCO2. The molecule has 2 aliphatic heterocycles. The minimum atomic E-state index is -0.499. The number of piperidine rings is 1. The van der Waals surface area contributed by atoms with E-state index in [1.807, 2.05) is 0 Å². The molecule has 6 nitrogen and oxygen atoms in total. The summed E-state index contributed by atoms with van der Waals surface area (Å²) in [6.45, 7) is 2.42. The van der Waals surface area contributed by atoms with Gasteiger partial charge in [-0.2, -0.15) is 0 Å². The summed E-state index contributed by atoms with van der Waals surface area (Å²) in [7, 11) is 0. The van der Waals surface area contributed by atoms with E-state index < -0.39 is 5.79 Å². The highest BCUT2D eigenvalue weighted by Gasteiger charge is 2.40. The zero-order chi connectivity index (χ0) is 18.0. The Morgan fingerprint density at radius 1 is 1.08 bits per heavy atom. The molecule has 4 rings (SSSR count). The molecule has 2 aliphatic rings. The molecular weight excluding hydrogens is 337 g/mol. The van der Waals surface area contributed by atoms with E-state index >= 15 is 0 Å². The Labute approximate surface area is 150 Å². The summed E-state index contributed by atoms with van der Waals surface area (Å²) in [5.74, 6) is -0.857. The van der Waals surface area contributed by atoms with Crippen LogP contribution in [-0.4, -0.2) is 47.9 Å². The first-order valence-electron chi connectivity index (χ1n) is 8.68. The fraction of sp³-hybridized carbons (Fsp3) is 0.368. The molecule has 0 atom stereocenters. The summed E-state index contributed by atoms with van der Waals surface area (Å²) in [5, 5.41) is 3.13. The van der Waals surface area contributed by atoms with Crippen molar-refractivity contribution in [2.45, 2.75) is 18.6 Å². The van der Waals surface area contributed by atoms with E-state index in [0.717, 1.165) is 5.69 Å². The Balaban J connectivity index is 1.42. The number of hydrogen-bond acceptors (Lipinski definition) is 5. The van der Waals surface area contributed by atoms with Crippen LogP contribution in [0.15, 0.2) is 42.7 Å². The average Bonchev–Trinajstić information content (AvgIpc) is 3.12. The number of pyridine rings is 1. The number of aromatic nitrogens is 1. The fourth-order valence-electron chi connectivity index (χ4n) is 3.34. The van der Waals surface area contributed by atoms with Crippen molar-refractivity contribution in [3.05, 3.63) is 54.1 Å². The number of halogens is 1. The number of benzene rings is 1. The molecule has 0 saturated carbocycles. The summed E-state index contributed by atoms with van der Waals surface area (Å²) < 4.78 is 24.4. The topological polar surface area (TPSA) is 63.7 Å². The van der Waals surface area contributed by atoms with Gasteiger partial charge in [0, 0.05) is 37.8 Å². The Morgan fingerprint density at radius 2 is 1.77 bits per heavy atom. The van der Waals surface area contributed by atoms with E-state index in [9.17, 15) is 9.18 Å². The minimum absolute atomic E-state index is 0.0619. The van der Waals surface area contributed by atoms with Crippen molar-refractivity contribution in [1.82, 2.24) is 9.88 Å². The third-order valence-corrected chi connectivity index (χ3v) is 4.74. The molecule has 2 fully saturated rings. The molecule has 136 valence electrons. The number of hydrogen-bond donors (Lipinski definition) is 1. The molecule has 2 aromatic rings. The Morgan fingerprint density at radius 3 is 2.46 bits per heavy atom. The molecule has 0 unspecified atom stereocenters. The highest BCUT2D eigenvalue weighted by atomic mass is 19.1. The Bertz CT molecular complexity index is 781. The summed E-state index contributed by atoms with van der Waals surface area (Å²) in [6, 6.07) is 7.78. The van der Waals surface area contributed by atoms with Gasteiger partial charge in [-0.25, -0.2) is 4.39 Å². The largest absolute Gasteiger partial charge is 0.354 e. The first-order chi connectivity index (χ1) is 12.6. The van der Waals surface area contributed by atoms with Gasteiger partial charge in [-0.15, -0.1) is 0 Å². The number of nitrogens with one attached hydrogen (secondary N) is 1. The molecule has 1 spiro atoms. The van der Waals surface area contributed by atoms with Crippen LogP contribution in [0, 0.1) is 5.82 Å². The van der Waals surface area contributed by atoms with Crippen LogP contribution in [0.2, 0.25) is 0 Å². The van der Waals surface area contributed by atoms with Crippen molar-refractivity contribution >= 4 is 17.3 Å². The van der Waals surface area contributed by atoms with Crippen LogP contribution < -0.4 is 5.32 Å². The predicted molar refractivity (Wildman–Crippen MR) is 93.7 cm³/mol. The van der Waals surface area contributed by atoms with Crippen LogP contribution in [-0.2, 0) is 9.47 Å².